The van der Waals surface area contributed by atoms with Crippen molar-refractivity contribution >= 4 is 45.7 Å². The highest BCUT2D eigenvalue weighted by Gasteiger charge is 2.48. The molecule has 4 aromatic rings. The molecule has 1 unspecified atom stereocenters. The van der Waals surface area contributed by atoms with Gasteiger partial charge in [0, 0.05) is 11.3 Å². The van der Waals surface area contributed by atoms with Gasteiger partial charge < -0.3 is 14.6 Å². The normalized spacial score (nSPS) is 16.1. The van der Waals surface area contributed by atoms with Gasteiger partial charge in [0.05, 0.1) is 24.8 Å². The third kappa shape index (κ3) is 6.42. The number of Topliss-reactive ketones (excluding diaryl/α,β-unsaturated/α-hetero) is 1. The van der Waals surface area contributed by atoms with Crippen LogP contribution in [0.5, 0.6) is 11.5 Å². The first-order valence-electron chi connectivity index (χ1n) is 13.8. The summed E-state index contributed by atoms with van der Waals surface area (Å²) in [7, 11) is 0. The Hall–Kier alpha value is -4.22. The molecule has 1 aliphatic rings. The lowest BCUT2D eigenvalue weighted by Crippen LogP contribution is -2.29. The smallest absolute Gasteiger partial charge is 0.301 e. The molecule has 0 aliphatic carbocycles. The van der Waals surface area contributed by atoms with E-state index < -0.39 is 17.7 Å². The van der Waals surface area contributed by atoms with E-state index in [1.165, 1.54) is 22.7 Å². The first-order chi connectivity index (χ1) is 20.8. The van der Waals surface area contributed by atoms with Crippen molar-refractivity contribution in [1.82, 2.24) is 10.2 Å². The Balaban J connectivity index is 1.58. The summed E-state index contributed by atoms with van der Waals surface area (Å²) in [4.78, 5) is 28.4. The SMILES string of the molecule is CCCOc1ccc(C2/C(=C(\O)c3ccc(C)cc3)C(=O)C(=O)N2c2nnc(SCc3ccccc3F)s2)cc1OCC. The third-order valence-corrected chi connectivity index (χ3v) is 8.83. The van der Waals surface area contributed by atoms with Gasteiger partial charge in [-0.2, -0.15) is 0 Å². The van der Waals surface area contributed by atoms with Gasteiger partial charge in [0.1, 0.15) is 11.6 Å². The minimum absolute atomic E-state index is 0.0747. The quantitative estimate of drug-likeness (QED) is 0.0624. The fraction of sp³-hybridized carbons (Fsp3) is 0.250. The molecule has 222 valence electrons. The van der Waals surface area contributed by atoms with Crippen LogP contribution in [0.3, 0.4) is 0 Å². The van der Waals surface area contributed by atoms with Crippen LogP contribution in [-0.2, 0) is 15.3 Å². The molecule has 2 heterocycles. The topological polar surface area (TPSA) is 102 Å². The average molecular weight is 620 g/mol. The van der Waals surface area contributed by atoms with E-state index in [0.717, 1.165) is 23.3 Å². The van der Waals surface area contributed by atoms with Crippen molar-refractivity contribution in [3.05, 3.63) is 100 Å². The van der Waals surface area contributed by atoms with Gasteiger partial charge in [0.15, 0.2) is 15.8 Å². The van der Waals surface area contributed by atoms with Crippen molar-refractivity contribution in [2.24, 2.45) is 0 Å². The summed E-state index contributed by atoms with van der Waals surface area (Å²) < 4.78 is 26.4. The lowest BCUT2D eigenvalue weighted by atomic mass is 9.95. The number of carbonyl (C=O) groups excluding carboxylic acids is 2. The molecule has 1 saturated heterocycles. The van der Waals surface area contributed by atoms with Gasteiger partial charge in [-0.1, -0.05) is 84.1 Å². The Morgan fingerprint density at radius 3 is 2.51 bits per heavy atom. The highest BCUT2D eigenvalue weighted by molar-refractivity contribution is 8.00. The van der Waals surface area contributed by atoms with E-state index in [-0.39, 0.29) is 22.3 Å². The predicted molar refractivity (Wildman–Crippen MR) is 165 cm³/mol. The maximum absolute atomic E-state index is 14.2. The van der Waals surface area contributed by atoms with Crippen LogP contribution in [0.15, 0.2) is 76.6 Å². The number of rotatable bonds is 11. The summed E-state index contributed by atoms with van der Waals surface area (Å²) in [6.45, 7) is 6.62. The first-order valence-corrected chi connectivity index (χ1v) is 15.6. The van der Waals surface area contributed by atoms with Crippen LogP contribution >= 0.6 is 23.1 Å². The maximum Gasteiger partial charge on any atom is 0.301 e. The molecule has 0 radical (unpaired) electrons. The molecule has 3 aromatic carbocycles. The molecule has 1 aliphatic heterocycles. The highest BCUT2D eigenvalue weighted by atomic mass is 32.2. The number of carbonyl (C=O) groups is 2. The van der Waals surface area contributed by atoms with E-state index in [2.05, 4.69) is 10.2 Å². The van der Waals surface area contributed by atoms with Crippen molar-refractivity contribution in [2.75, 3.05) is 18.1 Å². The number of ether oxygens (including phenoxy) is 2. The number of aliphatic hydroxyl groups excluding tert-OH is 1. The average Bonchev–Trinajstić information content (AvgIpc) is 3.58. The molecule has 5 rings (SSSR count). The molecular weight excluding hydrogens is 590 g/mol. The van der Waals surface area contributed by atoms with Crippen LogP contribution < -0.4 is 14.4 Å². The number of hydrogen-bond donors (Lipinski definition) is 1. The number of ketones is 1. The molecule has 1 atom stereocenters. The van der Waals surface area contributed by atoms with E-state index >= 15 is 0 Å². The lowest BCUT2D eigenvalue weighted by Gasteiger charge is -2.23. The number of thioether (sulfide) groups is 1. The number of amides is 1. The van der Waals surface area contributed by atoms with Gasteiger partial charge in [0.25, 0.3) is 5.78 Å². The van der Waals surface area contributed by atoms with Crippen molar-refractivity contribution < 1.29 is 28.6 Å². The lowest BCUT2D eigenvalue weighted by molar-refractivity contribution is -0.132. The minimum Gasteiger partial charge on any atom is -0.507 e. The molecule has 1 amide bonds. The maximum atomic E-state index is 14.2. The van der Waals surface area contributed by atoms with Gasteiger partial charge in [-0.15, -0.1) is 10.2 Å². The van der Waals surface area contributed by atoms with Crippen LogP contribution in [-0.4, -0.2) is 40.2 Å². The molecule has 1 N–H and O–H groups in total. The van der Waals surface area contributed by atoms with Crippen LogP contribution in [0.25, 0.3) is 5.76 Å². The van der Waals surface area contributed by atoms with Crippen LogP contribution in [0.2, 0.25) is 0 Å². The first kappa shape index (κ1) is 30.2. The van der Waals surface area contributed by atoms with Gasteiger partial charge in [-0.3, -0.25) is 14.5 Å². The zero-order valence-electron chi connectivity index (χ0n) is 23.9. The molecule has 1 aromatic heterocycles. The minimum atomic E-state index is -1.02. The van der Waals surface area contributed by atoms with Crippen molar-refractivity contribution in [3.8, 4) is 11.5 Å². The Morgan fingerprint density at radius 2 is 1.79 bits per heavy atom. The summed E-state index contributed by atoms with van der Waals surface area (Å²) in [6.07, 6.45) is 0.804. The van der Waals surface area contributed by atoms with Gasteiger partial charge >= 0.3 is 5.91 Å². The molecule has 1 fully saturated rings. The number of aryl methyl sites for hydroxylation is 1. The number of benzene rings is 3. The molecule has 0 spiro atoms. The Kier molecular flexibility index (Phi) is 9.42. The van der Waals surface area contributed by atoms with E-state index in [9.17, 15) is 19.1 Å². The second kappa shape index (κ2) is 13.4. The third-order valence-electron chi connectivity index (χ3n) is 6.73. The number of anilines is 1. The van der Waals surface area contributed by atoms with Crippen molar-refractivity contribution in [2.45, 2.75) is 43.3 Å². The van der Waals surface area contributed by atoms with Crippen LogP contribution in [0.4, 0.5) is 9.52 Å². The molecule has 0 saturated carbocycles. The van der Waals surface area contributed by atoms with Crippen molar-refractivity contribution in [1.29, 1.82) is 0 Å². The van der Waals surface area contributed by atoms with Crippen molar-refractivity contribution in [3.63, 3.8) is 0 Å². The summed E-state index contributed by atoms with van der Waals surface area (Å²) in [6, 6.07) is 17.7. The molecule has 8 nitrogen and oxygen atoms in total. The second-order valence-electron chi connectivity index (χ2n) is 9.75. The Morgan fingerprint density at radius 1 is 1.02 bits per heavy atom. The summed E-state index contributed by atoms with van der Waals surface area (Å²) in [5.74, 6) is -1.01. The summed E-state index contributed by atoms with van der Waals surface area (Å²) in [5.41, 5.74) is 2.34. The van der Waals surface area contributed by atoms with Crippen LogP contribution in [0, 0.1) is 12.7 Å². The number of aromatic nitrogens is 2. The van der Waals surface area contributed by atoms with Gasteiger partial charge in [-0.25, -0.2) is 4.39 Å². The van der Waals surface area contributed by atoms with Gasteiger partial charge in [0.2, 0.25) is 5.13 Å². The second-order valence-corrected chi connectivity index (χ2v) is 11.9. The zero-order valence-corrected chi connectivity index (χ0v) is 25.5. The van der Waals surface area contributed by atoms with E-state index in [1.807, 2.05) is 32.9 Å². The largest absolute Gasteiger partial charge is 0.507 e. The fourth-order valence-electron chi connectivity index (χ4n) is 4.62. The molecule has 43 heavy (non-hydrogen) atoms. The monoisotopic (exact) mass is 619 g/mol. The fourth-order valence-corrected chi connectivity index (χ4v) is 6.47. The summed E-state index contributed by atoms with van der Waals surface area (Å²) in [5, 5.41) is 20.1. The predicted octanol–water partition coefficient (Wildman–Crippen LogP) is 7.09. The van der Waals surface area contributed by atoms with E-state index in [0.29, 0.717) is 51.5 Å². The Labute approximate surface area is 257 Å². The summed E-state index contributed by atoms with van der Waals surface area (Å²) >= 11 is 2.39. The number of nitrogens with zero attached hydrogens (tertiary/aromatic N) is 3. The molecule has 0 bridgehead atoms. The highest BCUT2D eigenvalue weighted by Crippen LogP contribution is 2.45. The molecular formula is C32H30FN3O5S2. The Bertz CT molecular complexity index is 1670. The number of hydrogen-bond acceptors (Lipinski definition) is 9. The molecule has 11 heteroatoms. The van der Waals surface area contributed by atoms with Gasteiger partial charge in [-0.05, 0) is 49.6 Å². The standard InChI is InChI=1S/C32H30FN3O5S2/c1-4-16-41-24-15-14-21(17-25(24)40-5-2)27-26(28(37)20-12-10-19(3)11-13-20)29(38)30(39)36(27)31-34-35-32(43-31)42-18-22-8-6-7-9-23(22)33/h6-15,17,27,37H,4-5,16,18H2,1-3H3/b28-26+. The van der Waals surface area contributed by atoms with E-state index in [1.54, 1.807) is 48.5 Å². The number of aliphatic hydroxyl groups is 1. The van der Waals surface area contributed by atoms with E-state index in [4.69, 9.17) is 9.47 Å². The zero-order chi connectivity index (χ0) is 30.5. The number of halogens is 1. The van der Waals surface area contributed by atoms with Crippen LogP contribution in [0.1, 0.15) is 48.6 Å².